The van der Waals surface area contributed by atoms with Gasteiger partial charge in [-0.25, -0.2) is 13.1 Å². The number of anilines is 1. The Morgan fingerprint density at radius 1 is 1.03 bits per heavy atom. The maximum absolute atomic E-state index is 13.8. The topological polar surface area (TPSA) is 66.5 Å². The van der Waals surface area contributed by atoms with Crippen LogP contribution < -0.4 is 9.62 Å². The zero-order valence-corrected chi connectivity index (χ0v) is 21.2. The van der Waals surface area contributed by atoms with Crippen molar-refractivity contribution in [2.24, 2.45) is 5.41 Å². The number of hydrogen-bond donors (Lipinski definition) is 1. The molecule has 6 heteroatoms. The first-order valence-electron chi connectivity index (χ1n) is 12.2. The highest BCUT2D eigenvalue weighted by Crippen LogP contribution is 2.62. The van der Waals surface area contributed by atoms with E-state index in [2.05, 4.69) is 17.4 Å². The number of benzene rings is 2. The van der Waals surface area contributed by atoms with Crippen molar-refractivity contribution in [1.82, 2.24) is 4.72 Å². The van der Waals surface area contributed by atoms with E-state index >= 15 is 0 Å². The lowest BCUT2D eigenvalue weighted by Gasteiger charge is -2.38. The second kappa shape index (κ2) is 7.79. The van der Waals surface area contributed by atoms with Crippen LogP contribution in [-0.2, 0) is 15.4 Å². The molecule has 0 bridgehead atoms. The molecule has 0 radical (unpaired) electrons. The van der Waals surface area contributed by atoms with Crippen molar-refractivity contribution in [2.45, 2.75) is 75.1 Å². The highest BCUT2D eigenvalue weighted by molar-refractivity contribution is 7.89. The summed E-state index contributed by atoms with van der Waals surface area (Å²) in [6.07, 6.45) is 9.17. The number of carbonyl (C=O) groups is 1. The molecule has 5 nitrogen and oxygen atoms in total. The number of nitrogens with one attached hydrogen (secondary N) is 1. The summed E-state index contributed by atoms with van der Waals surface area (Å²) >= 11 is 0. The molecule has 5 rings (SSSR count). The van der Waals surface area contributed by atoms with Crippen molar-refractivity contribution in [1.29, 1.82) is 0 Å². The van der Waals surface area contributed by atoms with Crippen molar-refractivity contribution < 1.29 is 13.2 Å². The van der Waals surface area contributed by atoms with Crippen molar-refractivity contribution >= 4 is 27.7 Å². The Morgan fingerprint density at radius 3 is 2.32 bits per heavy atom. The Balaban J connectivity index is 1.49. The molecule has 0 unspecified atom stereocenters. The highest BCUT2D eigenvalue weighted by Gasteiger charge is 2.53. The fourth-order valence-electron chi connectivity index (χ4n) is 5.77. The van der Waals surface area contributed by atoms with Crippen LogP contribution in [0.15, 0.2) is 53.9 Å². The van der Waals surface area contributed by atoms with Crippen LogP contribution in [0.2, 0.25) is 0 Å². The zero-order chi connectivity index (χ0) is 24.4. The summed E-state index contributed by atoms with van der Waals surface area (Å²) in [5.41, 5.74) is 3.57. The Labute approximate surface area is 203 Å². The Kier molecular flexibility index (Phi) is 5.34. The first-order valence-corrected chi connectivity index (χ1v) is 13.7. The second-order valence-corrected chi connectivity index (χ2v) is 13.2. The van der Waals surface area contributed by atoms with Crippen LogP contribution in [0.25, 0.3) is 6.08 Å². The fraction of sp³-hybridized carbons (Fsp3) is 0.464. The molecule has 0 aromatic heterocycles. The van der Waals surface area contributed by atoms with Crippen LogP contribution >= 0.6 is 0 Å². The van der Waals surface area contributed by atoms with Gasteiger partial charge in [-0.3, -0.25) is 4.79 Å². The van der Waals surface area contributed by atoms with Gasteiger partial charge in [-0.05, 0) is 106 Å². The molecule has 34 heavy (non-hydrogen) atoms. The maximum atomic E-state index is 13.8. The Morgan fingerprint density at radius 2 is 1.71 bits per heavy atom. The largest absolute Gasteiger partial charge is 0.307 e. The molecule has 2 saturated carbocycles. The summed E-state index contributed by atoms with van der Waals surface area (Å²) in [7, 11) is -3.73. The van der Waals surface area contributed by atoms with Crippen molar-refractivity contribution in [3.63, 3.8) is 0 Å². The van der Waals surface area contributed by atoms with E-state index in [9.17, 15) is 13.2 Å². The third kappa shape index (κ3) is 4.11. The predicted octanol–water partition coefficient (Wildman–Crippen LogP) is 5.66. The monoisotopic (exact) mass is 478 g/mol. The van der Waals surface area contributed by atoms with Crippen LogP contribution in [0.5, 0.6) is 0 Å². The minimum atomic E-state index is -3.73. The minimum Gasteiger partial charge on any atom is -0.307 e. The van der Waals surface area contributed by atoms with Gasteiger partial charge in [0.2, 0.25) is 10.0 Å². The van der Waals surface area contributed by atoms with E-state index in [1.54, 1.807) is 32.9 Å². The molecule has 1 heterocycles. The normalized spacial score (nSPS) is 20.4. The third-order valence-electron chi connectivity index (χ3n) is 7.88. The van der Waals surface area contributed by atoms with Crippen molar-refractivity contribution in [3.05, 3.63) is 65.7 Å². The summed E-state index contributed by atoms with van der Waals surface area (Å²) in [4.78, 5) is 15.8. The predicted molar refractivity (Wildman–Crippen MR) is 137 cm³/mol. The number of nitrogens with zero attached hydrogens (tertiary/aromatic N) is 1. The molecular formula is C28H34N2O3S. The van der Waals surface area contributed by atoms with Gasteiger partial charge in [0.1, 0.15) is 0 Å². The molecule has 2 fully saturated rings. The summed E-state index contributed by atoms with van der Waals surface area (Å²) in [5, 5.41) is 0. The number of carbonyl (C=O) groups excluding carboxylic acids is 1. The highest BCUT2D eigenvalue weighted by atomic mass is 32.2. The Bertz CT molecular complexity index is 1260. The van der Waals surface area contributed by atoms with Crippen LogP contribution in [0.3, 0.4) is 0 Å². The van der Waals surface area contributed by atoms with E-state index in [0.717, 1.165) is 24.1 Å². The van der Waals surface area contributed by atoms with Gasteiger partial charge >= 0.3 is 0 Å². The van der Waals surface area contributed by atoms with Gasteiger partial charge < -0.3 is 4.90 Å². The summed E-state index contributed by atoms with van der Waals surface area (Å²) in [6.45, 7) is 9.98. The average Bonchev–Trinajstić information content (AvgIpc) is 3.49. The fourth-order valence-corrected chi connectivity index (χ4v) is 7.24. The van der Waals surface area contributed by atoms with Gasteiger partial charge in [-0.1, -0.05) is 24.8 Å². The molecule has 2 aliphatic carbocycles. The molecular weight excluding hydrogens is 444 g/mol. The summed E-state index contributed by atoms with van der Waals surface area (Å²) in [5.74, 6) is -0.149. The smallest absolute Gasteiger partial charge is 0.258 e. The molecule has 2 aromatic rings. The second-order valence-electron chi connectivity index (χ2n) is 11.5. The van der Waals surface area contributed by atoms with Crippen LogP contribution in [-0.4, -0.2) is 26.4 Å². The summed E-state index contributed by atoms with van der Waals surface area (Å²) < 4.78 is 28.4. The molecule has 180 valence electrons. The molecule has 1 N–H and O–H groups in total. The van der Waals surface area contributed by atoms with Crippen molar-refractivity contribution in [3.8, 4) is 0 Å². The Hall–Kier alpha value is -2.44. The van der Waals surface area contributed by atoms with Gasteiger partial charge in [-0.15, -0.1) is 0 Å². The van der Waals surface area contributed by atoms with E-state index in [1.165, 1.54) is 43.4 Å². The lowest BCUT2D eigenvalue weighted by atomic mass is 9.66. The first-order chi connectivity index (χ1) is 16.0. The summed E-state index contributed by atoms with van der Waals surface area (Å²) in [6, 6.07) is 12.6. The van der Waals surface area contributed by atoms with Gasteiger partial charge in [0, 0.05) is 28.7 Å². The molecule has 2 spiro atoms. The van der Waals surface area contributed by atoms with Crippen LogP contribution in [0.1, 0.15) is 80.8 Å². The molecule has 1 amide bonds. The number of fused-ring (bicyclic) bond motifs is 2. The average molecular weight is 479 g/mol. The third-order valence-corrected chi connectivity index (χ3v) is 9.64. The molecule has 1 aliphatic heterocycles. The molecule has 0 saturated heterocycles. The van der Waals surface area contributed by atoms with Crippen LogP contribution in [0, 0.1) is 5.41 Å². The van der Waals surface area contributed by atoms with Gasteiger partial charge in [-0.2, -0.15) is 0 Å². The lowest BCUT2D eigenvalue weighted by Crippen LogP contribution is -2.41. The zero-order valence-electron chi connectivity index (χ0n) is 20.4. The molecule has 2 aromatic carbocycles. The standard InChI is InChI=1S/C28H34N2O3S/c1-5-20-9-10-24-23(17-20)28(15-13-27(11-12-27)14-16-28)19-30(24)25(31)21-7-6-8-22(18-21)34(32,33)29-26(2,3)4/h5-10,17-18,29H,1,11-16,19H2,2-4H3. The molecule has 3 aliphatic rings. The van der Waals surface area contributed by atoms with Crippen LogP contribution in [0.4, 0.5) is 5.69 Å². The van der Waals surface area contributed by atoms with E-state index < -0.39 is 15.6 Å². The SMILES string of the molecule is C=Cc1ccc2c(c1)C1(CCC3(CC3)CC1)CN2C(=O)c1cccc(S(=O)(=O)NC(C)(C)C)c1. The maximum Gasteiger partial charge on any atom is 0.258 e. The van der Waals surface area contributed by atoms with Gasteiger partial charge in [0.15, 0.2) is 0 Å². The molecule has 0 atom stereocenters. The van der Waals surface area contributed by atoms with E-state index in [1.807, 2.05) is 23.1 Å². The van der Waals surface area contributed by atoms with Crippen molar-refractivity contribution in [2.75, 3.05) is 11.4 Å². The number of rotatable bonds is 4. The first kappa shape index (κ1) is 23.3. The lowest BCUT2D eigenvalue weighted by molar-refractivity contribution is 0.0980. The van der Waals surface area contributed by atoms with E-state index in [0.29, 0.717) is 17.5 Å². The number of amides is 1. The number of hydrogen-bond acceptors (Lipinski definition) is 3. The van der Waals surface area contributed by atoms with Gasteiger partial charge in [0.25, 0.3) is 5.91 Å². The van der Waals surface area contributed by atoms with E-state index in [-0.39, 0.29) is 16.2 Å². The minimum absolute atomic E-state index is 0.0324. The number of sulfonamides is 1. The van der Waals surface area contributed by atoms with Gasteiger partial charge in [0.05, 0.1) is 4.90 Å². The quantitative estimate of drug-likeness (QED) is 0.617. The van der Waals surface area contributed by atoms with E-state index in [4.69, 9.17) is 0 Å².